The van der Waals surface area contributed by atoms with E-state index in [4.69, 9.17) is 4.74 Å². The Hall–Kier alpha value is -1.29. The summed E-state index contributed by atoms with van der Waals surface area (Å²) in [5.74, 6) is 1.04. The minimum absolute atomic E-state index is 0.384. The standard InChI is InChI=1S/C19H32N2O2.C2H6/c1-19(9-12-20(2)13-10-19)11-14-21(16-22)15-17-5-4-6-18(23-3)8-7-17;1-2/h7-8,16H,4-6,9-15H2,1-3H3;1-2H3. The first-order valence-corrected chi connectivity index (χ1v) is 9.85. The normalized spacial score (nSPS) is 20.4. The summed E-state index contributed by atoms with van der Waals surface area (Å²) >= 11 is 0. The molecule has 0 aromatic rings. The molecule has 4 heteroatoms. The van der Waals surface area contributed by atoms with Gasteiger partial charge < -0.3 is 14.5 Å². The van der Waals surface area contributed by atoms with Crippen LogP contribution in [0.3, 0.4) is 0 Å². The van der Waals surface area contributed by atoms with Crippen LogP contribution in [0.1, 0.15) is 59.3 Å². The zero-order chi connectivity index (χ0) is 18.7. The Labute approximate surface area is 154 Å². The van der Waals surface area contributed by atoms with Crippen molar-refractivity contribution in [2.45, 2.75) is 59.3 Å². The maximum absolute atomic E-state index is 11.5. The van der Waals surface area contributed by atoms with Crippen molar-refractivity contribution < 1.29 is 9.53 Å². The first-order chi connectivity index (χ1) is 12.0. The minimum Gasteiger partial charge on any atom is -0.501 e. The molecular formula is C21H38N2O2. The molecule has 1 aliphatic carbocycles. The SMILES string of the molecule is CC.COC1=CC=C(CN(C=O)CCC2(C)CCN(C)CC2)CCC1. The van der Waals surface area contributed by atoms with E-state index < -0.39 is 0 Å². The predicted molar refractivity (Wildman–Crippen MR) is 105 cm³/mol. The van der Waals surface area contributed by atoms with E-state index in [1.54, 1.807) is 7.11 Å². The van der Waals surface area contributed by atoms with E-state index >= 15 is 0 Å². The average molecular weight is 351 g/mol. The van der Waals surface area contributed by atoms with E-state index in [0.29, 0.717) is 5.41 Å². The van der Waals surface area contributed by atoms with Gasteiger partial charge in [-0.05, 0) is 63.7 Å². The highest BCUT2D eigenvalue weighted by molar-refractivity contribution is 5.48. The molecule has 1 saturated heterocycles. The lowest BCUT2D eigenvalue weighted by molar-refractivity contribution is -0.118. The van der Waals surface area contributed by atoms with Crippen LogP contribution < -0.4 is 0 Å². The number of ether oxygens (including phenoxy) is 1. The zero-order valence-electron chi connectivity index (χ0n) is 17.0. The summed E-state index contributed by atoms with van der Waals surface area (Å²) in [6.07, 6.45) is 11.9. The largest absolute Gasteiger partial charge is 0.501 e. The van der Waals surface area contributed by atoms with Gasteiger partial charge >= 0.3 is 0 Å². The number of amides is 1. The third kappa shape index (κ3) is 7.64. The fourth-order valence-corrected chi connectivity index (χ4v) is 3.42. The second kappa shape index (κ2) is 11.3. The second-order valence-electron chi connectivity index (χ2n) is 7.46. The van der Waals surface area contributed by atoms with Crippen molar-refractivity contribution in [3.63, 3.8) is 0 Å². The Kier molecular flexibility index (Phi) is 9.88. The number of allylic oxidation sites excluding steroid dienone is 3. The van der Waals surface area contributed by atoms with E-state index in [0.717, 1.165) is 50.9 Å². The van der Waals surface area contributed by atoms with Gasteiger partial charge in [0.05, 0.1) is 12.9 Å². The third-order valence-corrected chi connectivity index (χ3v) is 5.44. The predicted octanol–water partition coefficient (Wildman–Crippen LogP) is 4.23. The highest BCUT2D eigenvalue weighted by Crippen LogP contribution is 2.34. The van der Waals surface area contributed by atoms with Crippen LogP contribution in [0.5, 0.6) is 0 Å². The number of piperidine rings is 1. The molecule has 1 heterocycles. The first-order valence-electron chi connectivity index (χ1n) is 9.85. The quantitative estimate of drug-likeness (QED) is 0.644. The van der Waals surface area contributed by atoms with Crippen molar-refractivity contribution in [3.8, 4) is 0 Å². The molecule has 2 rings (SSSR count). The highest BCUT2D eigenvalue weighted by atomic mass is 16.5. The highest BCUT2D eigenvalue weighted by Gasteiger charge is 2.29. The summed E-state index contributed by atoms with van der Waals surface area (Å²) in [4.78, 5) is 15.8. The molecule has 0 unspecified atom stereocenters. The van der Waals surface area contributed by atoms with Gasteiger partial charge in [0.1, 0.15) is 0 Å². The molecule has 1 fully saturated rings. The van der Waals surface area contributed by atoms with Crippen molar-refractivity contribution in [3.05, 3.63) is 23.5 Å². The lowest BCUT2D eigenvalue weighted by Gasteiger charge is -2.39. The number of hydrogen-bond donors (Lipinski definition) is 0. The van der Waals surface area contributed by atoms with Gasteiger partial charge in [-0.3, -0.25) is 4.79 Å². The fraction of sp³-hybridized carbons (Fsp3) is 0.762. The van der Waals surface area contributed by atoms with Crippen LogP contribution in [-0.4, -0.2) is 56.5 Å². The molecule has 0 N–H and O–H groups in total. The summed E-state index contributed by atoms with van der Waals surface area (Å²) in [7, 11) is 3.92. The van der Waals surface area contributed by atoms with Crippen LogP contribution in [0.2, 0.25) is 0 Å². The Morgan fingerprint density at radius 3 is 2.52 bits per heavy atom. The molecule has 0 saturated carbocycles. The number of rotatable bonds is 7. The van der Waals surface area contributed by atoms with Gasteiger partial charge in [-0.25, -0.2) is 0 Å². The van der Waals surface area contributed by atoms with Gasteiger partial charge in [0.2, 0.25) is 6.41 Å². The van der Waals surface area contributed by atoms with Crippen LogP contribution in [0.15, 0.2) is 23.5 Å². The summed E-state index contributed by atoms with van der Waals surface area (Å²) in [5, 5.41) is 0. The maximum Gasteiger partial charge on any atom is 0.209 e. The molecule has 0 aromatic heterocycles. The molecule has 1 amide bonds. The average Bonchev–Trinajstić information content (AvgIpc) is 2.88. The third-order valence-electron chi connectivity index (χ3n) is 5.44. The van der Waals surface area contributed by atoms with E-state index in [-0.39, 0.29) is 0 Å². The monoisotopic (exact) mass is 350 g/mol. The fourth-order valence-electron chi connectivity index (χ4n) is 3.42. The molecule has 2 aliphatic rings. The maximum atomic E-state index is 11.5. The first kappa shape index (κ1) is 21.8. The van der Waals surface area contributed by atoms with Gasteiger partial charge in [-0.1, -0.05) is 32.4 Å². The van der Waals surface area contributed by atoms with Crippen molar-refractivity contribution in [2.75, 3.05) is 40.3 Å². The van der Waals surface area contributed by atoms with Crippen molar-refractivity contribution in [1.82, 2.24) is 9.80 Å². The van der Waals surface area contributed by atoms with Crippen molar-refractivity contribution in [1.29, 1.82) is 0 Å². The topological polar surface area (TPSA) is 32.8 Å². The lowest BCUT2D eigenvalue weighted by atomic mass is 9.77. The lowest BCUT2D eigenvalue weighted by Crippen LogP contribution is -2.38. The number of nitrogens with zero attached hydrogens (tertiary/aromatic N) is 2. The Balaban J connectivity index is 0.00000151. The van der Waals surface area contributed by atoms with Crippen LogP contribution in [0, 0.1) is 5.41 Å². The van der Waals surface area contributed by atoms with Gasteiger partial charge in [0, 0.05) is 19.5 Å². The summed E-state index contributed by atoms with van der Waals surface area (Å²) in [5.41, 5.74) is 1.71. The molecule has 25 heavy (non-hydrogen) atoms. The summed E-state index contributed by atoms with van der Waals surface area (Å²) in [6.45, 7) is 10.3. The van der Waals surface area contributed by atoms with Gasteiger partial charge in [0.25, 0.3) is 0 Å². The molecule has 0 radical (unpaired) electrons. The Morgan fingerprint density at radius 1 is 1.24 bits per heavy atom. The molecule has 1 aliphatic heterocycles. The zero-order valence-corrected chi connectivity index (χ0v) is 17.0. The summed E-state index contributed by atoms with van der Waals surface area (Å²) < 4.78 is 5.33. The molecule has 0 aromatic carbocycles. The van der Waals surface area contributed by atoms with Crippen LogP contribution in [-0.2, 0) is 9.53 Å². The van der Waals surface area contributed by atoms with Crippen LogP contribution >= 0.6 is 0 Å². The second-order valence-corrected chi connectivity index (χ2v) is 7.46. The number of carbonyl (C=O) groups excluding carboxylic acids is 1. The van der Waals surface area contributed by atoms with E-state index in [2.05, 4.69) is 31.0 Å². The number of likely N-dealkylation sites (tertiary alicyclic amines) is 1. The Bertz CT molecular complexity index is 449. The summed E-state index contributed by atoms with van der Waals surface area (Å²) in [6, 6.07) is 0. The smallest absolute Gasteiger partial charge is 0.209 e. The van der Waals surface area contributed by atoms with E-state index in [1.807, 2.05) is 18.7 Å². The molecule has 4 nitrogen and oxygen atoms in total. The molecule has 144 valence electrons. The molecule has 0 bridgehead atoms. The Morgan fingerprint density at radius 2 is 1.92 bits per heavy atom. The number of hydrogen-bond acceptors (Lipinski definition) is 3. The number of methoxy groups -OCH3 is 1. The van der Waals surface area contributed by atoms with E-state index in [1.165, 1.54) is 31.5 Å². The molecule has 0 spiro atoms. The van der Waals surface area contributed by atoms with E-state index in [9.17, 15) is 4.79 Å². The molecular weight excluding hydrogens is 312 g/mol. The van der Waals surface area contributed by atoms with Gasteiger partial charge in [0.15, 0.2) is 0 Å². The molecule has 0 atom stereocenters. The van der Waals surface area contributed by atoms with Crippen molar-refractivity contribution >= 4 is 6.41 Å². The minimum atomic E-state index is 0.384. The van der Waals surface area contributed by atoms with Gasteiger partial charge in [-0.2, -0.15) is 0 Å². The number of carbonyl (C=O) groups is 1. The van der Waals surface area contributed by atoms with Crippen LogP contribution in [0.4, 0.5) is 0 Å². The van der Waals surface area contributed by atoms with Gasteiger partial charge in [-0.15, -0.1) is 0 Å². The van der Waals surface area contributed by atoms with Crippen molar-refractivity contribution in [2.24, 2.45) is 5.41 Å². The van der Waals surface area contributed by atoms with Crippen LogP contribution in [0.25, 0.3) is 0 Å².